The van der Waals surface area contributed by atoms with Crippen molar-refractivity contribution in [3.05, 3.63) is 54.3 Å². The SMILES string of the molecule is O=S1(=O)NC(O)=CN1c1ccc2ccccc2c1F. The first-order valence-electron chi connectivity index (χ1n) is 5.39. The van der Waals surface area contributed by atoms with E-state index in [-0.39, 0.29) is 5.69 Å². The molecule has 0 unspecified atom stereocenters. The van der Waals surface area contributed by atoms with Crippen molar-refractivity contribution in [1.29, 1.82) is 0 Å². The quantitative estimate of drug-likeness (QED) is 0.839. The van der Waals surface area contributed by atoms with Gasteiger partial charge in [-0.05, 0) is 11.5 Å². The molecule has 0 saturated carbocycles. The summed E-state index contributed by atoms with van der Waals surface area (Å²) in [5.74, 6) is -1.21. The van der Waals surface area contributed by atoms with E-state index in [9.17, 15) is 17.9 Å². The summed E-state index contributed by atoms with van der Waals surface area (Å²) in [5.41, 5.74) is -0.143. The second kappa shape index (κ2) is 3.86. The van der Waals surface area contributed by atoms with Crippen molar-refractivity contribution < 1.29 is 17.9 Å². The number of rotatable bonds is 1. The Hall–Kier alpha value is -2.28. The van der Waals surface area contributed by atoms with Gasteiger partial charge in [-0.15, -0.1) is 0 Å². The number of aliphatic hydroxyl groups excluding tert-OH is 1. The van der Waals surface area contributed by atoms with Crippen LogP contribution in [0.3, 0.4) is 0 Å². The lowest BCUT2D eigenvalue weighted by Gasteiger charge is -2.15. The van der Waals surface area contributed by atoms with Gasteiger partial charge >= 0.3 is 10.2 Å². The Morgan fingerprint density at radius 1 is 1.16 bits per heavy atom. The molecule has 0 bridgehead atoms. The second-order valence-electron chi connectivity index (χ2n) is 4.04. The molecule has 0 amide bonds. The Labute approximate surface area is 108 Å². The van der Waals surface area contributed by atoms with Crippen molar-refractivity contribution in [1.82, 2.24) is 4.72 Å². The van der Waals surface area contributed by atoms with E-state index in [0.29, 0.717) is 15.1 Å². The van der Waals surface area contributed by atoms with E-state index in [2.05, 4.69) is 0 Å². The zero-order valence-corrected chi connectivity index (χ0v) is 10.4. The number of benzene rings is 2. The monoisotopic (exact) mass is 280 g/mol. The number of halogens is 1. The Bertz CT molecular complexity index is 802. The number of nitrogens with zero attached hydrogens (tertiary/aromatic N) is 1. The molecule has 1 aliphatic heterocycles. The highest BCUT2D eigenvalue weighted by Crippen LogP contribution is 2.30. The van der Waals surface area contributed by atoms with Crippen LogP contribution in [0.5, 0.6) is 0 Å². The standard InChI is InChI=1S/C12H9FN2O3S/c13-12-9-4-2-1-3-8(9)5-6-10(12)15-7-11(16)14-19(15,17)18/h1-7,14,16H. The van der Waals surface area contributed by atoms with E-state index in [1.54, 1.807) is 30.3 Å². The maximum absolute atomic E-state index is 14.3. The molecule has 7 heteroatoms. The molecule has 1 aliphatic rings. The van der Waals surface area contributed by atoms with Crippen molar-refractivity contribution in [2.24, 2.45) is 0 Å². The third-order valence-electron chi connectivity index (χ3n) is 2.81. The molecule has 3 rings (SSSR count). The van der Waals surface area contributed by atoms with E-state index in [1.807, 2.05) is 4.72 Å². The number of fused-ring (bicyclic) bond motifs is 1. The first-order chi connectivity index (χ1) is 8.99. The molecule has 5 nitrogen and oxygen atoms in total. The summed E-state index contributed by atoms with van der Waals surface area (Å²) in [6.45, 7) is 0. The van der Waals surface area contributed by atoms with Gasteiger partial charge in [0.15, 0.2) is 5.82 Å². The van der Waals surface area contributed by atoms with E-state index in [1.165, 1.54) is 6.07 Å². The lowest BCUT2D eigenvalue weighted by molar-refractivity contribution is 0.392. The molecule has 0 fully saturated rings. The van der Waals surface area contributed by atoms with Gasteiger partial charge in [0, 0.05) is 5.39 Å². The molecule has 19 heavy (non-hydrogen) atoms. The van der Waals surface area contributed by atoms with Gasteiger partial charge in [-0.25, -0.2) is 13.4 Å². The Balaban J connectivity index is 2.24. The van der Waals surface area contributed by atoms with Crippen molar-refractivity contribution in [3.8, 4) is 0 Å². The van der Waals surface area contributed by atoms with Gasteiger partial charge in [0.2, 0.25) is 5.88 Å². The Kier molecular flexibility index (Phi) is 2.39. The van der Waals surface area contributed by atoms with Crippen molar-refractivity contribution in [2.45, 2.75) is 0 Å². The highest BCUT2D eigenvalue weighted by molar-refractivity contribution is 7.91. The molecular formula is C12H9FN2O3S. The predicted molar refractivity (Wildman–Crippen MR) is 69.2 cm³/mol. The summed E-state index contributed by atoms with van der Waals surface area (Å²) in [6, 6.07) is 9.69. The van der Waals surface area contributed by atoms with Gasteiger partial charge in [0.05, 0.1) is 11.9 Å². The molecule has 0 atom stereocenters. The van der Waals surface area contributed by atoms with Gasteiger partial charge in [-0.2, -0.15) is 8.42 Å². The molecule has 0 aromatic heterocycles. The van der Waals surface area contributed by atoms with Crippen LogP contribution in [0, 0.1) is 5.82 Å². The van der Waals surface area contributed by atoms with Crippen LogP contribution in [0.4, 0.5) is 10.1 Å². The molecule has 2 N–H and O–H groups in total. The molecule has 0 spiro atoms. The van der Waals surface area contributed by atoms with Crippen LogP contribution in [-0.2, 0) is 10.2 Å². The van der Waals surface area contributed by atoms with Crippen molar-refractivity contribution in [3.63, 3.8) is 0 Å². The van der Waals surface area contributed by atoms with Crippen molar-refractivity contribution in [2.75, 3.05) is 4.31 Å². The number of hydrogen-bond donors (Lipinski definition) is 2. The lowest BCUT2D eigenvalue weighted by atomic mass is 10.1. The minimum absolute atomic E-state index is 0.143. The fourth-order valence-corrected chi connectivity index (χ4v) is 3.03. The first kappa shape index (κ1) is 11.8. The second-order valence-corrected chi connectivity index (χ2v) is 5.58. The van der Waals surface area contributed by atoms with Crippen LogP contribution in [0.25, 0.3) is 10.8 Å². The number of hydrogen-bond acceptors (Lipinski definition) is 3. The van der Waals surface area contributed by atoms with Crippen LogP contribution in [0.2, 0.25) is 0 Å². The number of nitrogens with one attached hydrogen (secondary N) is 1. The van der Waals surface area contributed by atoms with E-state index in [4.69, 9.17) is 0 Å². The highest BCUT2D eigenvalue weighted by atomic mass is 32.2. The average molecular weight is 280 g/mol. The topological polar surface area (TPSA) is 69.6 Å². The van der Waals surface area contributed by atoms with Gasteiger partial charge < -0.3 is 5.11 Å². The number of anilines is 1. The minimum Gasteiger partial charge on any atom is -0.493 e. The van der Waals surface area contributed by atoms with Crippen molar-refractivity contribution >= 4 is 26.7 Å². The summed E-state index contributed by atoms with van der Waals surface area (Å²) in [4.78, 5) is 0. The normalized spacial score (nSPS) is 17.3. The van der Waals surface area contributed by atoms with E-state index >= 15 is 0 Å². The molecule has 1 heterocycles. The summed E-state index contributed by atoms with van der Waals surface area (Å²) in [7, 11) is -3.98. The molecule has 2 aromatic carbocycles. The van der Waals surface area contributed by atoms with E-state index in [0.717, 1.165) is 6.20 Å². The van der Waals surface area contributed by atoms with Gasteiger partial charge in [-0.3, -0.25) is 0 Å². The van der Waals surface area contributed by atoms with Crippen LogP contribution < -0.4 is 9.03 Å². The maximum Gasteiger partial charge on any atom is 0.330 e. The maximum atomic E-state index is 14.3. The average Bonchev–Trinajstić information content (AvgIpc) is 2.63. The predicted octanol–water partition coefficient (Wildman–Crippen LogP) is 1.99. The fraction of sp³-hybridized carbons (Fsp3) is 0. The lowest BCUT2D eigenvalue weighted by Crippen LogP contribution is -2.30. The molecule has 98 valence electrons. The van der Waals surface area contributed by atoms with Crippen LogP contribution >= 0.6 is 0 Å². The van der Waals surface area contributed by atoms with Gasteiger partial charge in [0.1, 0.15) is 0 Å². The zero-order chi connectivity index (χ0) is 13.6. The highest BCUT2D eigenvalue weighted by Gasteiger charge is 2.30. The first-order valence-corrected chi connectivity index (χ1v) is 6.83. The smallest absolute Gasteiger partial charge is 0.330 e. The zero-order valence-electron chi connectivity index (χ0n) is 9.54. The van der Waals surface area contributed by atoms with Crippen LogP contribution in [0.15, 0.2) is 48.5 Å². The van der Waals surface area contributed by atoms with Gasteiger partial charge in [-0.1, -0.05) is 30.3 Å². The summed E-state index contributed by atoms with van der Waals surface area (Å²) < 4.78 is 40.3. The third-order valence-corrected chi connectivity index (χ3v) is 4.10. The molecule has 0 aliphatic carbocycles. The van der Waals surface area contributed by atoms with Crippen LogP contribution in [0.1, 0.15) is 0 Å². The summed E-state index contributed by atoms with van der Waals surface area (Å²) in [5, 5.41) is 10.2. The van der Waals surface area contributed by atoms with Crippen LogP contribution in [-0.4, -0.2) is 13.5 Å². The molecule has 2 aromatic rings. The third kappa shape index (κ3) is 1.78. The molecule has 0 radical (unpaired) electrons. The largest absolute Gasteiger partial charge is 0.493 e. The number of aliphatic hydroxyl groups is 1. The van der Waals surface area contributed by atoms with Gasteiger partial charge in [0.25, 0.3) is 0 Å². The van der Waals surface area contributed by atoms with E-state index < -0.39 is 21.9 Å². The molecular weight excluding hydrogens is 271 g/mol. The summed E-state index contributed by atoms with van der Waals surface area (Å²) in [6.07, 6.45) is 0.919. The minimum atomic E-state index is -3.98. The summed E-state index contributed by atoms with van der Waals surface area (Å²) >= 11 is 0. The fourth-order valence-electron chi connectivity index (χ4n) is 1.98. The molecule has 0 saturated heterocycles. The Morgan fingerprint density at radius 3 is 2.58 bits per heavy atom. The Morgan fingerprint density at radius 2 is 1.89 bits per heavy atom.